The summed E-state index contributed by atoms with van der Waals surface area (Å²) >= 11 is 1.66. The van der Waals surface area contributed by atoms with Crippen molar-refractivity contribution in [1.29, 1.82) is 0 Å². The summed E-state index contributed by atoms with van der Waals surface area (Å²) in [4.78, 5) is 20.9. The van der Waals surface area contributed by atoms with Crippen LogP contribution in [-0.4, -0.2) is 49.4 Å². The van der Waals surface area contributed by atoms with Crippen LogP contribution in [0.25, 0.3) is 0 Å². The minimum absolute atomic E-state index is 0.0643. The number of hydrogen-bond acceptors (Lipinski definition) is 3. The Morgan fingerprint density at radius 3 is 2.52 bits per heavy atom. The third-order valence-electron chi connectivity index (χ3n) is 3.56. The van der Waals surface area contributed by atoms with Crippen LogP contribution in [0.1, 0.15) is 10.4 Å². The molecule has 0 saturated heterocycles. The maximum atomic E-state index is 13.1. The predicted molar refractivity (Wildman–Crippen MR) is 100 cm³/mol. The van der Waals surface area contributed by atoms with E-state index in [-0.39, 0.29) is 18.3 Å². The number of carbonyl (C=O) groups is 1. The number of nitrogens with zero attached hydrogens (tertiary/aromatic N) is 3. The van der Waals surface area contributed by atoms with Gasteiger partial charge in [0.25, 0.3) is 0 Å². The maximum absolute atomic E-state index is 13.1. The van der Waals surface area contributed by atoms with Gasteiger partial charge in [-0.15, -0.1) is 11.3 Å². The van der Waals surface area contributed by atoms with Gasteiger partial charge >= 0.3 is 0 Å². The molecular weight excluding hydrogens is 339 g/mol. The second-order valence-corrected chi connectivity index (χ2v) is 6.88. The fraction of sp³-hybridized carbons (Fsp3) is 0.333. The van der Waals surface area contributed by atoms with E-state index in [0.717, 1.165) is 5.56 Å². The lowest BCUT2D eigenvalue weighted by Crippen LogP contribution is -2.39. The Balaban J connectivity index is 2.06. The van der Waals surface area contributed by atoms with E-state index in [1.54, 1.807) is 37.6 Å². The number of hydrogen-bond donors (Lipinski definition) is 1. The van der Waals surface area contributed by atoms with Gasteiger partial charge in [-0.2, -0.15) is 0 Å². The second-order valence-electron chi connectivity index (χ2n) is 5.84. The van der Waals surface area contributed by atoms with Gasteiger partial charge in [0, 0.05) is 32.6 Å². The summed E-state index contributed by atoms with van der Waals surface area (Å²) in [5.74, 6) is 0.311. The van der Waals surface area contributed by atoms with Gasteiger partial charge in [0.15, 0.2) is 5.96 Å². The van der Waals surface area contributed by atoms with E-state index in [9.17, 15) is 9.18 Å². The molecule has 0 fully saturated rings. The number of rotatable bonds is 6. The van der Waals surface area contributed by atoms with Gasteiger partial charge in [-0.05, 0) is 29.1 Å². The zero-order valence-corrected chi connectivity index (χ0v) is 15.5. The third kappa shape index (κ3) is 6.19. The zero-order valence-electron chi connectivity index (χ0n) is 14.7. The van der Waals surface area contributed by atoms with Gasteiger partial charge in [-0.1, -0.05) is 18.2 Å². The summed E-state index contributed by atoms with van der Waals surface area (Å²) in [6.45, 7) is 1.28. The molecule has 0 atom stereocenters. The van der Waals surface area contributed by atoms with Crippen LogP contribution in [0.15, 0.2) is 46.8 Å². The summed E-state index contributed by atoms with van der Waals surface area (Å²) in [6, 6.07) is 10.4. The number of likely N-dealkylation sites (N-methyl/N-ethyl adjacent to an activating group) is 1. The predicted octanol–water partition coefficient (Wildman–Crippen LogP) is 2.55. The van der Waals surface area contributed by atoms with E-state index in [4.69, 9.17) is 0 Å². The number of guanidine groups is 1. The summed E-state index contributed by atoms with van der Waals surface area (Å²) in [7, 11) is 5.31. The molecule has 1 aromatic heterocycles. The quantitative estimate of drug-likeness (QED) is 0.635. The zero-order chi connectivity index (χ0) is 18.2. The Kier molecular flexibility index (Phi) is 6.94. The summed E-state index contributed by atoms with van der Waals surface area (Å²) in [5, 5.41) is 5.31. The Bertz CT molecular complexity index is 698. The molecule has 1 N–H and O–H groups in total. The summed E-state index contributed by atoms with van der Waals surface area (Å²) in [5.41, 5.74) is 0.966. The standard InChI is InChI=1S/C18H23FN4OS/c1-22(2)17(24)12-21-18(20-11-16-5-4-10-25-16)23(3)13-14-6-8-15(19)9-7-14/h4-10H,11-13H2,1-3H3,(H,20,21). The molecule has 2 aromatic rings. The first-order chi connectivity index (χ1) is 12.0. The monoisotopic (exact) mass is 362 g/mol. The minimum Gasteiger partial charge on any atom is -0.351 e. The van der Waals surface area contributed by atoms with Crippen LogP contribution >= 0.6 is 11.3 Å². The van der Waals surface area contributed by atoms with Gasteiger partial charge in [-0.3, -0.25) is 4.79 Å². The second kappa shape index (κ2) is 9.17. The van der Waals surface area contributed by atoms with Crippen LogP contribution < -0.4 is 5.32 Å². The molecule has 0 aliphatic carbocycles. The molecule has 0 aliphatic rings. The first-order valence-corrected chi connectivity index (χ1v) is 8.80. The molecule has 0 unspecified atom stereocenters. The fourth-order valence-corrected chi connectivity index (χ4v) is 2.76. The van der Waals surface area contributed by atoms with E-state index in [1.165, 1.54) is 21.9 Å². The van der Waals surface area contributed by atoms with E-state index >= 15 is 0 Å². The first-order valence-electron chi connectivity index (χ1n) is 7.92. The Hall–Kier alpha value is -2.41. The molecule has 1 aromatic carbocycles. The van der Waals surface area contributed by atoms with Crippen molar-refractivity contribution < 1.29 is 9.18 Å². The van der Waals surface area contributed by atoms with Gasteiger partial charge in [0.2, 0.25) is 5.91 Å². The molecule has 0 radical (unpaired) electrons. The van der Waals surface area contributed by atoms with Crippen molar-refractivity contribution in [2.75, 3.05) is 27.7 Å². The molecule has 134 valence electrons. The molecule has 25 heavy (non-hydrogen) atoms. The molecule has 5 nitrogen and oxygen atoms in total. The van der Waals surface area contributed by atoms with Crippen molar-refractivity contribution in [2.45, 2.75) is 13.1 Å². The largest absolute Gasteiger partial charge is 0.351 e. The SMILES string of the molecule is CN(C)C(=O)CN=C(NCc1cccs1)N(C)Cc1ccc(F)cc1. The Morgan fingerprint density at radius 1 is 1.20 bits per heavy atom. The van der Waals surface area contributed by atoms with Crippen molar-refractivity contribution in [3.05, 3.63) is 58.0 Å². The lowest BCUT2D eigenvalue weighted by Gasteiger charge is -2.22. The van der Waals surface area contributed by atoms with Crippen LogP contribution in [0.4, 0.5) is 4.39 Å². The summed E-state index contributed by atoms with van der Waals surface area (Å²) < 4.78 is 13.1. The Labute approximate surface area is 151 Å². The molecule has 2 rings (SSSR count). The lowest BCUT2D eigenvalue weighted by atomic mass is 10.2. The van der Waals surface area contributed by atoms with Crippen LogP contribution in [0.3, 0.4) is 0 Å². The number of carbonyl (C=O) groups excluding carboxylic acids is 1. The number of amides is 1. The highest BCUT2D eigenvalue weighted by atomic mass is 32.1. The maximum Gasteiger partial charge on any atom is 0.243 e. The van der Waals surface area contributed by atoms with E-state index in [0.29, 0.717) is 19.0 Å². The fourth-order valence-electron chi connectivity index (χ4n) is 2.11. The van der Waals surface area contributed by atoms with Crippen molar-refractivity contribution >= 4 is 23.2 Å². The molecule has 0 bridgehead atoms. The van der Waals surface area contributed by atoms with E-state index < -0.39 is 0 Å². The molecular formula is C18H23FN4OS. The van der Waals surface area contributed by atoms with E-state index in [2.05, 4.69) is 10.3 Å². The van der Waals surface area contributed by atoms with Crippen LogP contribution in [0.5, 0.6) is 0 Å². The van der Waals surface area contributed by atoms with Crippen molar-refractivity contribution in [1.82, 2.24) is 15.1 Å². The molecule has 0 aliphatic heterocycles. The van der Waals surface area contributed by atoms with Gasteiger partial charge < -0.3 is 15.1 Å². The van der Waals surface area contributed by atoms with Crippen LogP contribution in [-0.2, 0) is 17.9 Å². The average Bonchev–Trinajstić information content (AvgIpc) is 3.10. The molecule has 7 heteroatoms. The third-order valence-corrected chi connectivity index (χ3v) is 4.43. The number of benzene rings is 1. The molecule has 1 heterocycles. The average molecular weight is 362 g/mol. The van der Waals surface area contributed by atoms with Crippen LogP contribution in [0, 0.1) is 5.82 Å². The van der Waals surface area contributed by atoms with Crippen molar-refractivity contribution in [3.63, 3.8) is 0 Å². The topological polar surface area (TPSA) is 47.9 Å². The number of nitrogens with one attached hydrogen (secondary N) is 1. The number of thiophene rings is 1. The molecule has 0 spiro atoms. The number of aliphatic imine (C=N–C) groups is 1. The normalized spacial score (nSPS) is 11.3. The Morgan fingerprint density at radius 2 is 1.92 bits per heavy atom. The molecule has 1 amide bonds. The van der Waals surface area contributed by atoms with Gasteiger partial charge in [0.1, 0.15) is 12.4 Å². The smallest absolute Gasteiger partial charge is 0.243 e. The number of halogens is 1. The highest BCUT2D eigenvalue weighted by Gasteiger charge is 2.10. The first kappa shape index (κ1) is 18.9. The minimum atomic E-state index is -0.257. The highest BCUT2D eigenvalue weighted by molar-refractivity contribution is 7.09. The van der Waals surface area contributed by atoms with Crippen molar-refractivity contribution in [3.8, 4) is 0 Å². The van der Waals surface area contributed by atoms with Gasteiger partial charge in [-0.25, -0.2) is 9.38 Å². The lowest BCUT2D eigenvalue weighted by molar-refractivity contribution is -0.127. The van der Waals surface area contributed by atoms with Crippen molar-refractivity contribution in [2.24, 2.45) is 4.99 Å². The molecule has 0 saturated carbocycles. The van der Waals surface area contributed by atoms with E-state index in [1.807, 2.05) is 29.5 Å². The van der Waals surface area contributed by atoms with Gasteiger partial charge in [0.05, 0.1) is 6.54 Å². The highest BCUT2D eigenvalue weighted by Crippen LogP contribution is 2.09. The summed E-state index contributed by atoms with van der Waals surface area (Å²) in [6.07, 6.45) is 0. The van der Waals surface area contributed by atoms with Crippen LogP contribution in [0.2, 0.25) is 0 Å².